The molecule has 28 heavy (non-hydrogen) atoms. The van der Waals surface area contributed by atoms with Gasteiger partial charge in [-0.3, -0.25) is 9.69 Å². The van der Waals surface area contributed by atoms with Crippen LogP contribution in [0.25, 0.3) is 0 Å². The lowest BCUT2D eigenvalue weighted by Gasteiger charge is -2.30. The van der Waals surface area contributed by atoms with Crippen LogP contribution in [-0.2, 0) is 24.3 Å². The van der Waals surface area contributed by atoms with E-state index in [0.717, 1.165) is 36.6 Å². The standard InChI is InChI=1S/C22H28N2O3S/c1-23(13-16-5-7-19(28-4)8-6-16)22(25)15-24-10-9-17-11-20(26-2)21(27-3)12-18(17)14-24/h5-8,11-12H,9-10,13-15H2,1-4H3. The third-order valence-corrected chi connectivity index (χ3v) is 5.90. The topological polar surface area (TPSA) is 42.0 Å². The van der Waals surface area contributed by atoms with Gasteiger partial charge in [-0.2, -0.15) is 0 Å². The van der Waals surface area contributed by atoms with Crippen LogP contribution in [0.15, 0.2) is 41.3 Å². The molecular formula is C22H28N2O3S. The zero-order valence-corrected chi connectivity index (χ0v) is 17.8. The Morgan fingerprint density at radius 1 is 1.11 bits per heavy atom. The molecule has 3 rings (SSSR count). The molecule has 0 unspecified atom stereocenters. The predicted molar refractivity (Wildman–Crippen MR) is 113 cm³/mol. The fraction of sp³-hybridized carbons (Fsp3) is 0.409. The molecule has 2 aromatic carbocycles. The minimum absolute atomic E-state index is 0.137. The quantitative estimate of drug-likeness (QED) is 0.666. The third kappa shape index (κ3) is 4.80. The van der Waals surface area contributed by atoms with E-state index in [1.54, 1.807) is 30.9 Å². The fourth-order valence-corrected chi connectivity index (χ4v) is 3.89. The second-order valence-electron chi connectivity index (χ2n) is 7.03. The summed E-state index contributed by atoms with van der Waals surface area (Å²) in [6, 6.07) is 12.5. The lowest BCUT2D eigenvalue weighted by molar-refractivity contribution is -0.131. The Labute approximate surface area is 171 Å². The Morgan fingerprint density at radius 3 is 2.36 bits per heavy atom. The summed E-state index contributed by atoms with van der Waals surface area (Å²) >= 11 is 1.72. The molecule has 0 saturated heterocycles. The number of likely N-dealkylation sites (N-methyl/N-ethyl adjacent to an activating group) is 1. The van der Waals surface area contributed by atoms with Gasteiger partial charge in [0.1, 0.15) is 0 Å². The number of rotatable bonds is 7. The highest BCUT2D eigenvalue weighted by Gasteiger charge is 2.22. The van der Waals surface area contributed by atoms with Crippen LogP contribution in [0.5, 0.6) is 11.5 Å². The van der Waals surface area contributed by atoms with Crippen LogP contribution < -0.4 is 9.47 Å². The van der Waals surface area contributed by atoms with E-state index in [0.29, 0.717) is 13.1 Å². The first kappa shape index (κ1) is 20.6. The number of benzene rings is 2. The lowest BCUT2D eigenvalue weighted by Crippen LogP contribution is -2.40. The third-order valence-electron chi connectivity index (χ3n) is 5.16. The maximum absolute atomic E-state index is 12.7. The normalized spacial score (nSPS) is 13.7. The summed E-state index contributed by atoms with van der Waals surface area (Å²) in [7, 11) is 5.17. The Kier molecular flexibility index (Phi) is 6.86. The number of thioether (sulfide) groups is 1. The summed E-state index contributed by atoms with van der Waals surface area (Å²) in [5.74, 6) is 1.64. The maximum atomic E-state index is 12.7. The first-order valence-corrected chi connectivity index (χ1v) is 10.6. The molecule has 150 valence electrons. The molecule has 0 radical (unpaired) electrons. The van der Waals surface area contributed by atoms with Gasteiger partial charge >= 0.3 is 0 Å². The van der Waals surface area contributed by atoms with Gasteiger partial charge in [-0.05, 0) is 53.6 Å². The van der Waals surface area contributed by atoms with Crippen molar-refractivity contribution in [1.82, 2.24) is 9.80 Å². The van der Waals surface area contributed by atoms with Crippen molar-refractivity contribution >= 4 is 17.7 Å². The van der Waals surface area contributed by atoms with Crippen LogP contribution in [-0.4, -0.2) is 56.3 Å². The Hall–Kier alpha value is -2.18. The highest BCUT2D eigenvalue weighted by Crippen LogP contribution is 2.33. The summed E-state index contributed by atoms with van der Waals surface area (Å²) < 4.78 is 10.8. The molecule has 0 bridgehead atoms. The van der Waals surface area contributed by atoms with Gasteiger partial charge in [-0.1, -0.05) is 12.1 Å². The largest absolute Gasteiger partial charge is 0.493 e. The molecule has 0 fully saturated rings. The van der Waals surface area contributed by atoms with E-state index in [9.17, 15) is 4.79 Å². The summed E-state index contributed by atoms with van der Waals surface area (Å²) in [6.07, 6.45) is 2.97. The van der Waals surface area contributed by atoms with Gasteiger partial charge in [0.25, 0.3) is 0 Å². The van der Waals surface area contributed by atoms with Crippen LogP contribution in [0.2, 0.25) is 0 Å². The number of ether oxygens (including phenoxy) is 2. The van der Waals surface area contributed by atoms with Crippen LogP contribution in [0.4, 0.5) is 0 Å². The van der Waals surface area contributed by atoms with Gasteiger partial charge in [-0.25, -0.2) is 0 Å². The Morgan fingerprint density at radius 2 is 1.75 bits per heavy atom. The molecule has 2 aromatic rings. The first-order chi connectivity index (χ1) is 13.5. The van der Waals surface area contributed by atoms with Crippen LogP contribution >= 0.6 is 11.8 Å². The summed E-state index contributed by atoms with van der Waals surface area (Å²) in [6.45, 7) is 2.66. The molecule has 0 atom stereocenters. The van der Waals surface area contributed by atoms with E-state index in [-0.39, 0.29) is 5.91 Å². The average molecular weight is 401 g/mol. The summed E-state index contributed by atoms with van der Waals surface area (Å²) in [4.78, 5) is 17.9. The molecule has 6 heteroatoms. The van der Waals surface area contributed by atoms with Crippen molar-refractivity contribution in [2.75, 3.05) is 40.6 Å². The van der Waals surface area contributed by atoms with Crippen LogP contribution in [0.3, 0.4) is 0 Å². The predicted octanol–water partition coefficient (Wildman–Crippen LogP) is 3.44. The number of carbonyl (C=O) groups excluding carboxylic acids is 1. The zero-order chi connectivity index (χ0) is 20.1. The van der Waals surface area contributed by atoms with Gasteiger partial charge < -0.3 is 14.4 Å². The van der Waals surface area contributed by atoms with Crippen LogP contribution in [0, 0.1) is 0 Å². The molecule has 1 heterocycles. The molecule has 0 spiro atoms. The number of hydrogen-bond donors (Lipinski definition) is 0. The molecule has 0 N–H and O–H groups in total. The van der Waals surface area contributed by atoms with Crippen molar-refractivity contribution in [2.45, 2.75) is 24.4 Å². The molecular weight excluding hydrogens is 372 g/mol. The molecule has 0 aromatic heterocycles. The van der Waals surface area contributed by atoms with Crippen molar-refractivity contribution < 1.29 is 14.3 Å². The average Bonchev–Trinajstić information content (AvgIpc) is 2.73. The minimum Gasteiger partial charge on any atom is -0.493 e. The van der Waals surface area contributed by atoms with E-state index in [2.05, 4.69) is 41.5 Å². The van der Waals surface area contributed by atoms with Gasteiger partial charge in [-0.15, -0.1) is 11.8 Å². The number of methoxy groups -OCH3 is 2. The lowest BCUT2D eigenvalue weighted by atomic mass is 9.99. The number of hydrogen-bond acceptors (Lipinski definition) is 5. The second-order valence-corrected chi connectivity index (χ2v) is 7.91. The number of amides is 1. The highest BCUT2D eigenvalue weighted by atomic mass is 32.2. The van der Waals surface area contributed by atoms with E-state index in [1.165, 1.54) is 16.0 Å². The monoisotopic (exact) mass is 400 g/mol. The number of carbonyl (C=O) groups is 1. The minimum atomic E-state index is 0.137. The Bertz CT molecular complexity index is 823. The zero-order valence-electron chi connectivity index (χ0n) is 17.0. The van der Waals surface area contributed by atoms with Crippen molar-refractivity contribution in [3.8, 4) is 11.5 Å². The van der Waals surface area contributed by atoms with Crippen LogP contribution in [0.1, 0.15) is 16.7 Å². The van der Waals surface area contributed by atoms with Gasteiger partial charge in [0.2, 0.25) is 5.91 Å². The molecule has 1 amide bonds. The molecule has 0 aliphatic carbocycles. The van der Waals surface area contributed by atoms with Crippen molar-refractivity contribution in [1.29, 1.82) is 0 Å². The van der Waals surface area contributed by atoms with E-state index in [1.807, 2.05) is 13.1 Å². The van der Waals surface area contributed by atoms with E-state index in [4.69, 9.17) is 9.47 Å². The summed E-state index contributed by atoms with van der Waals surface area (Å²) in [5, 5.41) is 0. The highest BCUT2D eigenvalue weighted by molar-refractivity contribution is 7.98. The second kappa shape index (κ2) is 9.34. The first-order valence-electron chi connectivity index (χ1n) is 9.37. The molecule has 1 aliphatic heterocycles. The Balaban J connectivity index is 1.60. The molecule has 1 aliphatic rings. The smallest absolute Gasteiger partial charge is 0.236 e. The van der Waals surface area contributed by atoms with E-state index < -0.39 is 0 Å². The van der Waals surface area contributed by atoms with Gasteiger partial charge in [0, 0.05) is 31.6 Å². The SMILES string of the molecule is COc1cc2c(cc1OC)CN(CC(=O)N(C)Cc1ccc(SC)cc1)CC2. The number of nitrogens with zero attached hydrogens (tertiary/aromatic N) is 2. The van der Waals surface area contributed by atoms with Crippen molar-refractivity contribution in [2.24, 2.45) is 0 Å². The molecule has 5 nitrogen and oxygen atoms in total. The summed E-state index contributed by atoms with van der Waals surface area (Å²) in [5.41, 5.74) is 3.62. The van der Waals surface area contributed by atoms with Gasteiger partial charge in [0.15, 0.2) is 11.5 Å². The van der Waals surface area contributed by atoms with E-state index >= 15 is 0 Å². The van der Waals surface area contributed by atoms with Crippen molar-refractivity contribution in [3.05, 3.63) is 53.1 Å². The fourth-order valence-electron chi connectivity index (χ4n) is 3.48. The number of fused-ring (bicyclic) bond motifs is 1. The van der Waals surface area contributed by atoms with Crippen molar-refractivity contribution in [3.63, 3.8) is 0 Å². The van der Waals surface area contributed by atoms with Gasteiger partial charge in [0.05, 0.1) is 20.8 Å². The molecule has 0 saturated carbocycles. The maximum Gasteiger partial charge on any atom is 0.236 e.